The lowest BCUT2D eigenvalue weighted by Crippen LogP contribution is -2.26. The molecule has 2 aromatic rings. The van der Waals surface area contributed by atoms with Gasteiger partial charge in [-0.15, -0.1) is 11.3 Å². The summed E-state index contributed by atoms with van der Waals surface area (Å²) in [5.74, 6) is 1.86. The first-order valence-electron chi connectivity index (χ1n) is 7.41. The molecule has 1 aromatic heterocycles. The van der Waals surface area contributed by atoms with Crippen LogP contribution in [0.1, 0.15) is 35.4 Å². The number of ether oxygens (including phenoxy) is 2. The fraction of sp³-hybridized carbons (Fsp3) is 0.412. The molecule has 1 N–H and O–H groups in total. The molecule has 0 fully saturated rings. The van der Waals surface area contributed by atoms with E-state index in [9.17, 15) is 0 Å². The Morgan fingerprint density at radius 2 is 2.29 bits per heavy atom. The van der Waals surface area contributed by atoms with E-state index in [1.54, 1.807) is 7.11 Å². The predicted molar refractivity (Wildman–Crippen MR) is 86.4 cm³/mol. The lowest BCUT2D eigenvalue weighted by molar-refractivity contribution is 0.251. The van der Waals surface area contributed by atoms with Gasteiger partial charge in [-0.2, -0.15) is 0 Å². The molecule has 1 aliphatic heterocycles. The number of thiophene rings is 1. The van der Waals surface area contributed by atoms with Gasteiger partial charge in [-0.1, -0.05) is 6.92 Å². The van der Waals surface area contributed by atoms with Crippen LogP contribution in [-0.4, -0.2) is 13.7 Å². The minimum absolute atomic E-state index is 0.329. The van der Waals surface area contributed by atoms with E-state index < -0.39 is 0 Å². The van der Waals surface area contributed by atoms with Crippen LogP contribution in [0.25, 0.3) is 0 Å². The summed E-state index contributed by atoms with van der Waals surface area (Å²) in [6.45, 7) is 3.89. The topological polar surface area (TPSA) is 30.5 Å². The maximum absolute atomic E-state index is 5.74. The normalized spacial score (nSPS) is 17.1. The highest BCUT2D eigenvalue weighted by molar-refractivity contribution is 7.10. The largest absolute Gasteiger partial charge is 0.497 e. The van der Waals surface area contributed by atoms with Crippen LogP contribution in [-0.2, 0) is 13.0 Å². The molecule has 21 heavy (non-hydrogen) atoms. The molecule has 1 unspecified atom stereocenters. The molecule has 3 rings (SSSR count). The number of fused-ring (bicyclic) bond motifs is 1. The van der Waals surface area contributed by atoms with Crippen LogP contribution in [0.15, 0.2) is 29.6 Å². The Bertz CT molecular complexity index is 609. The van der Waals surface area contributed by atoms with Crippen molar-refractivity contribution in [2.45, 2.75) is 32.4 Å². The third-order valence-electron chi connectivity index (χ3n) is 3.98. The van der Waals surface area contributed by atoms with Crippen molar-refractivity contribution in [3.05, 3.63) is 45.6 Å². The lowest BCUT2D eigenvalue weighted by Gasteiger charge is -2.27. The van der Waals surface area contributed by atoms with Crippen molar-refractivity contribution in [1.82, 2.24) is 5.32 Å². The molecule has 112 valence electrons. The number of hydrogen-bond donors (Lipinski definition) is 1. The molecular weight excluding hydrogens is 282 g/mol. The minimum Gasteiger partial charge on any atom is -0.497 e. The highest BCUT2D eigenvalue weighted by atomic mass is 32.1. The van der Waals surface area contributed by atoms with E-state index in [1.807, 2.05) is 23.5 Å². The predicted octanol–water partition coefficient (Wildman–Crippen LogP) is 3.93. The second kappa shape index (κ2) is 6.50. The van der Waals surface area contributed by atoms with E-state index >= 15 is 0 Å². The zero-order valence-electron chi connectivity index (χ0n) is 12.5. The number of aryl methyl sites for hydroxylation is 1. The monoisotopic (exact) mass is 303 g/mol. The molecule has 4 heteroatoms. The van der Waals surface area contributed by atoms with Crippen molar-refractivity contribution < 1.29 is 9.47 Å². The Balaban J connectivity index is 1.75. The van der Waals surface area contributed by atoms with E-state index in [4.69, 9.17) is 9.47 Å². The first kappa shape index (κ1) is 14.4. The summed E-state index contributed by atoms with van der Waals surface area (Å²) in [4.78, 5) is 1.44. The van der Waals surface area contributed by atoms with Crippen LogP contribution >= 0.6 is 11.3 Å². The Morgan fingerprint density at radius 1 is 1.38 bits per heavy atom. The van der Waals surface area contributed by atoms with E-state index in [-0.39, 0.29) is 0 Å². The summed E-state index contributed by atoms with van der Waals surface area (Å²) in [5.41, 5.74) is 2.65. The average Bonchev–Trinajstić information content (AvgIpc) is 2.99. The van der Waals surface area contributed by atoms with Crippen LogP contribution < -0.4 is 14.8 Å². The molecule has 0 aliphatic carbocycles. The summed E-state index contributed by atoms with van der Waals surface area (Å²) in [6, 6.07) is 8.60. The van der Waals surface area contributed by atoms with Crippen molar-refractivity contribution in [3.63, 3.8) is 0 Å². The quantitative estimate of drug-likeness (QED) is 0.908. The van der Waals surface area contributed by atoms with E-state index in [0.29, 0.717) is 6.04 Å². The zero-order valence-corrected chi connectivity index (χ0v) is 13.3. The molecule has 2 heterocycles. The molecule has 3 nitrogen and oxygen atoms in total. The number of hydrogen-bond acceptors (Lipinski definition) is 4. The third kappa shape index (κ3) is 3.06. The van der Waals surface area contributed by atoms with Gasteiger partial charge in [0.15, 0.2) is 0 Å². The van der Waals surface area contributed by atoms with Gasteiger partial charge in [0.1, 0.15) is 11.5 Å². The van der Waals surface area contributed by atoms with Gasteiger partial charge in [-0.25, -0.2) is 0 Å². The van der Waals surface area contributed by atoms with Crippen LogP contribution in [0, 0.1) is 0 Å². The Hall–Kier alpha value is -1.52. The molecule has 1 atom stereocenters. The molecule has 0 radical (unpaired) electrons. The second-order valence-electron chi connectivity index (χ2n) is 5.20. The summed E-state index contributed by atoms with van der Waals surface area (Å²) in [5, 5.41) is 5.86. The lowest BCUT2D eigenvalue weighted by atomic mass is 10.00. The first-order chi connectivity index (χ1) is 10.3. The summed E-state index contributed by atoms with van der Waals surface area (Å²) < 4.78 is 11.1. The molecule has 0 saturated carbocycles. The summed E-state index contributed by atoms with van der Waals surface area (Å²) in [6.07, 6.45) is 2.09. The second-order valence-corrected chi connectivity index (χ2v) is 6.20. The van der Waals surface area contributed by atoms with Gasteiger partial charge in [0.25, 0.3) is 0 Å². The van der Waals surface area contributed by atoms with Crippen molar-refractivity contribution >= 4 is 11.3 Å². The van der Waals surface area contributed by atoms with E-state index in [0.717, 1.165) is 37.5 Å². The van der Waals surface area contributed by atoms with Gasteiger partial charge in [0, 0.05) is 29.4 Å². The molecule has 0 bridgehead atoms. The van der Waals surface area contributed by atoms with Crippen LogP contribution in [0.4, 0.5) is 0 Å². The SMILES string of the molecule is CCc1ccsc1CNC1CCOc2ccc(OC)cc21. The minimum atomic E-state index is 0.329. The molecule has 1 aliphatic rings. The fourth-order valence-corrected chi connectivity index (χ4v) is 3.69. The molecule has 0 spiro atoms. The molecule has 0 amide bonds. The maximum atomic E-state index is 5.74. The smallest absolute Gasteiger partial charge is 0.124 e. The van der Waals surface area contributed by atoms with Gasteiger partial charge in [-0.3, -0.25) is 0 Å². The van der Waals surface area contributed by atoms with Gasteiger partial charge >= 0.3 is 0 Å². The molecular formula is C17H21NO2S. The van der Waals surface area contributed by atoms with Crippen molar-refractivity contribution in [2.24, 2.45) is 0 Å². The highest BCUT2D eigenvalue weighted by Crippen LogP contribution is 2.35. The Labute approximate surface area is 129 Å². The number of benzene rings is 1. The maximum Gasteiger partial charge on any atom is 0.124 e. The van der Waals surface area contributed by atoms with Gasteiger partial charge in [0.2, 0.25) is 0 Å². The van der Waals surface area contributed by atoms with E-state index in [2.05, 4.69) is 29.8 Å². The average molecular weight is 303 g/mol. The molecule has 0 saturated heterocycles. The molecule has 1 aromatic carbocycles. The number of methoxy groups -OCH3 is 1. The number of rotatable bonds is 5. The van der Waals surface area contributed by atoms with Crippen molar-refractivity contribution in [1.29, 1.82) is 0 Å². The van der Waals surface area contributed by atoms with Crippen LogP contribution in [0.3, 0.4) is 0 Å². The van der Waals surface area contributed by atoms with Crippen LogP contribution in [0.5, 0.6) is 11.5 Å². The highest BCUT2D eigenvalue weighted by Gasteiger charge is 2.22. The zero-order chi connectivity index (χ0) is 14.7. The summed E-state index contributed by atoms with van der Waals surface area (Å²) in [7, 11) is 1.70. The number of nitrogens with one attached hydrogen (secondary N) is 1. The fourth-order valence-electron chi connectivity index (χ4n) is 2.76. The Kier molecular flexibility index (Phi) is 4.46. The van der Waals surface area contributed by atoms with Gasteiger partial charge in [-0.05, 0) is 41.6 Å². The van der Waals surface area contributed by atoms with Gasteiger partial charge in [0.05, 0.1) is 13.7 Å². The van der Waals surface area contributed by atoms with Crippen LogP contribution in [0.2, 0.25) is 0 Å². The Morgan fingerprint density at radius 3 is 3.10 bits per heavy atom. The van der Waals surface area contributed by atoms with E-state index in [1.165, 1.54) is 16.0 Å². The third-order valence-corrected chi connectivity index (χ3v) is 4.95. The van der Waals surface area contributed by atoms with Crippen molar-refractivity contribution in [3.8, 4) is 11.5 Å². The van der Waals surface area contributed by atoms with Gasteiger partial charge < -0.3 is 14.8 Å². The standard InChI is InChI=1S/C17H21NO2S/c1-3-12-7-9-21-17(12)11-18-15-6-8-20-16-5-4-13(19-2)10-14(15)16/h4-5,7,9-10,15,18H,3,6,8,11H2,1-2H3. The van der Waals surface area contributed by atoms with Crippen molar-refractivity contribution in [2.75, 3.05) is 13.7 Å². The summed E-state index contributed by atoms with van der Waals surface area (Å²) >= 11 is 1.83. The first-order valence-corrected chi connectivity index (χ1v) is 8.29.